The quantitative estimate of drug-likeness (QED) is 0.815. The summed E-state index contributed by atoms with van der Waals surface area (Å²) < 4.78 is 5.87. The summed E-state index contributed by atoms with van der Waals surface area (Å²) in [6.07, 6.45) is -0.466. The van der Waals surface area contributed by atoms with Crippen molar-refractivity contribution in [1.82, 2.24) is 4.98 Å². The Balaban J connectivity index is 2.50. The van der Waals surface area contributed by atoms with Crippen molar-refractivity contribution < 1.29 is 9.53 Å². The van der Waals surface area contributed by atoms with Gasteiger partial charge in [0.05, 0.1) is 4.60 Å². The molecule has 0 radical (unpaired) electrons. The van der Waals surface area contributed by atoms with E-state index in [1.165, 1.54) is 0 Å². The molecule has 0 spiro atoms. The average Bonchev–Trinajstić information content (AvgIpc) is 2.30. The van der Waals surface area contributed by atoms with Gasteiger partial charge in [0.25, 0.3) is 0 Å². The van der Waals surface area contributed by atoms with Gasteiger partial charge in [-0.1, -0.05) is 0 Å². The molecule has 0 aromatic carbocycles. The number of amides is 1. The van der Waals surface area contributed by atoms with Crippen LogP contribution in [0.2, 0.25) is 0 Å². The number of H-pyrrole nitrogens is 1. The number of anilines is 1. The average molecular weight is 261 g/mol. The summed E-state index contributed by atoms with van der Waals surface area (Å²) in [5.41, 5.74) is -0.478. The number of ether oxygens (including phenoxy) is 1. The molecule has 1 heterocycles. The molecule has 0 aliphatic carbocycles. The van der Waals surface area contributed by atoms with Gasteiger partial charge in [-0.05, 0) is 48.8 Å². The Morgan fingerprint density at radius 1 is 1.50 bits per heavy atom. The summed E-state index contributed by atoms with van der Waals surface area (Å²) in [5.74, 6) is 0.603. The fraction of sp³-hybridized carbons (Fsp3) is 0.444. The molecule has 0 aliphatic heterocycles. The first-order valence-corrected chi connectivity index (χ1v) is 5.01. The van der Waals surface area contributed by atoms with Crippen LogP contribution in [0.5, 0.6) is 0 Å². The van der Waals surface area contributed by atoms with Gasteiger partial charge in [-0.25, -0.2) is 4.79 Å². The summed E-state index contributed by atoms with van der Waals surface area (Å²) >= 11 is 3.24. The highest BCUT2D eigenvalue weighted by molar-refractivity contribution is 9.10. The van der Waals surface area contributed by atoms with E-state index in [1.54, 1.807) is 12.1 Å². The van der Waals surface area contributed by atoms with Crippen LogP contribution in [-0.4, -0.2) is 16.7 Å². The molecule has 0 unspecified atom stereocenters. The Morgan fingerprint density at radius 3 is 2.57 bits per heavy atom. The molecule has 0 atom stereocenters. The summed E-state index contributed by atoms with van der Waals surface area (Å²) in [5, 5.41) is 2.57. The minimum Gasteiger partial charge on any atom is -0.444 e. The van der Waals surface area contributed by atoms with Crippen molar-refractivity contribution in [2.24, 2.45) is 0 Å². The van der Waals surface area contributed by atoms with E-state index in [1.807, 2.05) is 20.8 Å². The van der Waals surface area contributed by atoms with E-state index in [9.17, 15) is 4.79 Å². The number of aromatic nitrogens is 1. The summed E-state index contributed by atoms with van der Waals surface area (Å²) in [6.45, 7) is 5.45. The van der Waals surface area contributed by atoms with Crippen LogP contribution in [-0.2, 0) is 4.74 Å². The van der Waals surface area contributed by atoms with E-state index in [0.29, 0.717) is 5.82 Å². The van der Waals surface area contributed by atoms with E-state index in [2.05, 4.69) is 26.2 Å². The van der Waals surface area contributed by atoms with Crippen LogP contribution >= 0.6 is 15.9 Å². The number of carbonyl (C=O) groups is 1. The van der Waals surface area contributed by atoms with Crippen molar-refractivity contribution in [3.8, 4) is 0 Å². The predicted molar refractivity (Wildman–Crippen MR) is 58.3 cm³/mol. The van der Waals surface area contributed by atoms with Crippen molar-refractivity contribution in [2.45, 2.75) is 26.4 Å². The number of aromatic amines is 1. The van der Waals surface area contributed by atoms with Crippen molar-refractivity contribution in [3.05, 3.63) is 16.7 Å². The predicted octanol–water partition coefficient (Wildman–Crippen LogP) is 3.12. The summed E-state index contributed by atoms with van der Waals surface area (Å²) in [7, 11) is 0. The van der Waals surface area contributed by atoms with Crippen molar-refractivity contribution in [2.75, 3.05) is 5.32 Å². The highest BCUT2D eigenvalue weighted by Crippen LogP contribution is 2.14. The molecule has 4 nitrogen and oxygen atoms in total. The molecule has 14 heavy (non-hydrogen) atoms. The van der Waals surface area contributed by atoms with Gasteiger partial charge in [0.1, 0.15) is 11.4 Å². The van der Waals surface area contributed by atoms with Crippen molar-refractivity contribution in [3.63, 3.8) is 0 Å². The van der Waals surface area contributed by atoms with Gasteiger partial charge in [0.2, 0.25) is 0 Å². The SMILES string of the molecule is CC(C)(C)OC(=O)Nc1ccc(Br)[nH]1. The van der Waals surface area contributed by atoms with Gasteiger partial charge in [-0.3, -0.25) is 5.32 Å². The highest BCUT2D eigenvalue weighted by Gasteiger charge is 2.16. The molecule has 5 heteroatoms. The van der Waals surface area contributed by atoms with Crippen LogP contribution in [0.4, 0.5) is 10.6 Å². The molecule has 0 fully saturated rings. The Bertz CT molecular complexity index is 328. The summed E-state index contributed by atoms with van der Waals surface area (Å²) in [6, 6.07) is 3.54. The van der Waals surface area contributed by atoms with Crippen LogP contribution < -0.4 is 5.32 Å². The molecule has 0 saturated carbocycles. The van der Waals surface area contributed by atoms with Gasteiger partial charge < -0.3 is 9.72 Å². The lowest BCUT2D eigenvalue weighted by Crippen LogP contribution is -2.27. The third-order valence-corrected chi connectivity index (χ3v) is 1.75. The number of hydrogen-bond donors (Lipinski definition) is 2. The number of halogens is 1. The molecule has 2 N–H and O–H groups in total. The fourth-order valence-corrected chi connectivity index (χ4v) is 1.20. The zero-order valence-corrected chi connectivity index (χ0v) is 9.94. The fourth-order valence-electron chi connectivity index (χ4n) is 0.855. The largest absolute Gasteiger partial charge is 0.444 e. The van der Waals surface area contributed by atoms with E-state index in [0.717, 1.165) is 4.60 Å². The van der Waals surface area contributed by atoms with E-state index in [-0.39, 0.29) is 0 Å². The molecule has 0 bridgehead atoms. The first-order valence-electron chi connectivity index (χ1n) is 4.21. The molecule has 1 rings (SSSR count). The van der Waals surface area contributed by atoms with Gasteiger partial charge in [0.15, 0.2) is 0 Å². The number of carbonyl (C=O) groups excluding carboxylic acids is 1. The second-order valence-corrected chi connectivity index (χ2v) is 4.70. The van der Waals surface area contributed by atoms with Gasteiger partial charge in [-0.2, -0.15) is 0 Å². The third kappa shape index (κ3) is 3.83. The number of rotatable bonds is 1. The molecular formula is C9H13BrN2O2. The Kier molecular flexibility index (Phi) is 3.21. The topological polar surface area (TPSA) is 54.1 Å². The van der Waals surface area contributed by atoms with E-state index < -0.39 is 11.7 Å². The Labute approximate surface area is 91.2 Å². The molecule has 0 aliphatic rings. The molecule has 78 valence electrons. The lowest BCUT2D eigenvalue weighted by atomic mass is 10.2. The van der Waals surface area contributed by atoms with Gasteiger partial charge >= 0.3 is 6.09 Å². The lowest BCUT2D eigenvalue weighted by molar-refractivity contribution is 0.0635. The first kappa shape index (κ1) is 11.1. The normalized spacial score (nSPS) is 11.1. The molecule has 0 saturated heterocycles. The van der Waals surface area contributed by atoms with Crippen LogP contribution in [0.3, 0.4) is 0 Å². The number of hydrogen-bond acceptors (Lipinski definition) is 2. The molecule has 1 aromatic rings. The molecule has 1 amide bonds. The lowest BCUT2D eigenvalue weighted by Gasteiger charge is -2.19. The van der Waals surface area contributed by atoms with Crippen molar-refractivity contribution in [1.29, 1.82) is 0 Å². The standard InChI is InChI=1S/C9H13BrN2O2/c1-9(2,3)14-8(13)12-7-5-4-6(10)11-7/h4-5,11H,1-3H3,(H,12,13). The van der Waals surface area contributed by atoms with Crippen molar-refractivity contribution >= 4 is 27.8 Å². The monoisotopic (exact) mass is 260 g/mol. The van der Waals surface area contributed by atoms with Crippen LogP contribution in [0.15, 0.2) is 16.7 Å². The Hall–Kier alpha value is -0.970. The minimum absolute atomic E-state index is 0.466. The smallest absolute Gasteiger partial charge is 0.413 e. The summed E-state index contributed by atoms with van der Waals surface area (Å²) in [4.78, 5) is 14.2. The highest BCUT2D eigenvalue weighted by atomic mass is 79.9. The van der Waals surface area contributed by atoms with E-state index >= 15 is 0 Å². The molecule has 1 aromatic heterocycles. The van der Waals surface area contributed by atoms with Crippen LogP contribution in [0, 0.1) is 0 Å². The van der Waals surface area contributed by atoms with Gasteiger partial charge in [0, 0.05) is 0 Å². The molecular weight excluding hydrogens is 248 g/mol. The van der Waals surface area contributed by atoms with Crippen LogP contribution in [0.1, 0.15) is 20.8 Å². The number of nitrogens with one attached hydrogen (secondary N) is 2. The zero-order valence-electron chi connectivity index (χ0n) is 8.35. The maximum Gasteiger partial charge on any atom is 0.413 e. The third-order valence-electron chi connectivity index (χ3n) is 1.29. The first-order chi connectivity index (χ1) is 6.37. The van der Waals surface area contributed by atoms with Crippen LogP contribution in [0.25, 0.3) is 0 Å². The maximum absolute atomic E-state index is 11.3. The second-order valence-electron chi connectivity index (χ2n) is 3.85. The van der Waals surface area contributed by atoms with E-state index in [4.69, 9.17) is 4.74 Å². The zero-order chi connectivity index (χ0) is 10.8. The minimum atomic E-state index is -0.478. The Morgan fingerprint density at radius 2 is 2.14 bits per heavy atom. The van der Waals surface area contributed by atoms with Gasteiger partial charge in [-0.15, -0.1) is 0 Å². The second kappa shape index (κ2) is 4.04. The maximum atomic E-state index is 11.3.